The number of nitrogens with zero attached hydrogens (tertiary/aromatic N) is 3. The lowest BCUT2D eigenvalue weighted by Crippen LogP contribution is -2.48. The molecule has 1 amide bonds. The summed E-state index contributed by atoms with van der Waals surface area (Å²) in [5.41, 5.74) is 6.03. The van der Waals surface area contributed by atoms with E-state index >= 15 is 0 Å². The zero-order chi connectivity index (χ0) is 19.6. The minimum absolute atomic E-state index is 0.213. The summed E-state index contributed by atoms with van der Waals surface area (Å²) in [6.45, 7) is 12.8. The van der Waals surface area contributed by atoms with E-state index < -0.39 is 0 Å². The van der Waals surface area contributed by atoms with Gasteiger partial charge in [-0.25, -0.2) is 4.79 Å². The van der Waals surface area contributed by atoms with Crippen molar-refractivity contribution < 1.29 is 9.53 Å². The fourth-order valence-electron chi connectivity index (χ4n) is 4.30. The Hall–Kier alpha value is -1.50. The molecule has 7 nitrogen and oxygen atoms in total. The Balaban J connectivity index is 1.56. The van der Waals surface area contributed by atoms with Crippen LogP contribution in [0.25, 0.3) is 0 Å². The van der Waals surface area contributed by atoms with Gasteiger partial charge in [-0.2, -0.15) is 0 Å². The van der Waals surface area contributed by atoms with Crippen LogP contribution in [-0.2, 0) is 4.74 Å². The van der Waals surface area contributed by atoms with Gasteiger partial charge < -0.3 is 25.6 Å². The zero-order valence-corrected chi connectivity index (χ0v) is 17.5. The number of nitrogens with one attached hydrogen (secondary N) is 1. The van der Waals surface area contributed by atoms with Crippen molar-refractivity contribution in [2.24, 2.45) is 22.6 Å². The van der Waals surface area contributed by atoms with Crippen molar-refractivity contribution in [2.75, 3.05) is 45.9 Å². The molecule has 2 unspecified atom stereocenters. The topological polar surface area (TPSA) is 83.2 Å². The maximum Gasteiger partial charge on any atom is 0.409 e. The van der Waals surface area contributed by atoms with Crippen LogP contribution in [0.2, 0.25) is 0 Å². The maximum absolute atomic E-state index is 11.7. The van der Waals surface area contributed by atoms with Gasteiger partial charge in [0.25, 0.3) is 0 Å². The van der Waals surface area contributed by atoms with E-state index in [0.29, 0.717) is 25.7 Å². The van der Waals surface area contributed by atoms with E-state index in [1.807, 2.05) is 6.92 Å². The fourth-order valence-corrected chi connectivity index (χ4v) is 4.30. The predicted molar refractivity (Wildman–Crippen MR) is 110 cm³/mol. The van der Waals surface area contributed by atoms with Crippen LogP contribution < -0.4 is 11.1 Å². The zero-order valence-electron chi connectivity index (χ0n) is 17.5. The Morgan fingerprint density at radius 3 is 2.48 bits per heavy atom. The van der Waals surface area contributed by atoms with Crippen molar-refractivity contribution in [1.82, 2.24) is 15.1 Å². The van der Waals surface area contributed by atoms with Crippen LogP contribution in [0.5, 0.6) is 0 Å². The van der Waals surface area contributed by atoms with Gasteiger partial charge in [-0.1, -0.05) is 13.8 Å². The molecule has 2 aliphatic rings. The molecule has 3 N–H and O–H groups in total. The van der Waals surface area contributed by atoms with Crippen molar-refractivity contribution >= 4 is 12.1 Å². The van der Waals surface area contributed by atoms with Crippen molar-refractivity contribution in [1.29, 1.82) is 0 Å². The number of unbranched alkanes of at least 4 members (excludes halogenated alkanes) is 1. The van der Waals surface area contributed by atoms with Gasteiger partial charge in [0.1, 0.15) is 0 Å². The smallest absolute Gasteiger partial charge is 0.409 e. The summed E-state index contributed by atoms with van der Waals surface area (Å²) >= 11 is 0. The highest BCUT2D eigenvalue weighted by Gasteiger charge is 2.24. The van der Waals surface area contributed by atoms with Crippen molar-refractivity contribution in [3.05, 3.63) is 0 Å². The van der Waals surface area contributed by atoms with Gasteiger partial charge in [0.15, 0.2) is 5.96 Å². The summed E-state index contributed by atoms with van der Waals surface area (Å²) in [5.74, 6) is 2.17. The monoisotopic (exact) mass is 381 g/mol. The Labute approximate surface area is 164 Å². The molecule has 2 fully saturated rings. The van der Waals surface area contributed by atoms with Crippen molar-refractivity contribution in [2.45, 2.75) is 58.9 Å². The molecule has 2 aliphatic heterocycles. The molecule has 0 aromatic heterocycles. The highest BCUT2D eigenvalue weighted by Crippen LogP contribution is 2.21. The van der Waals surface area contributed by atoms with Crippen LogP contribution in [0.3, 0.4) is 0 Å². The number of carbonyl (C=O) groups is 1. The normalized spacial score (nSPS) is 25.4. The lowest BCUT2D eigenvalue weighted by molar-refractivity contribution is 0.0963. The van der Waals surface area contributed by atoms with Gasteiger partial charge >= 0.3 is 6.09 Å². The number of amides is 1. The molecule has 2 rings (SSSR count). The summed E-state index contributed by atoms with van der Waals surface area (Å²) in [5, 5.41) is 3.30. The summed E-state index contributed by atoms with van der Waals surface area (Å²) in [7, 11) is 0. The fraction of sp³-hybridized carbons (Fsp3) is 0.900. The second kappa shape index (κ2) is 11.4. The van der Waals surface area contributed by atoms with Gasteiger partial charge in [0.05, 0.1) is 6.61 Å². The van der Waals surface area contributed by atoms with Crippen molar-refractivity contribution in [3.63, 3.8) is 0 Å². The first kappa shape index (κ1) is 21.8. The number of hydrogen-bond donors (Lipinski definition) is 2. The second-order valence-electron chi connectivity index (χ2n) is 8.28. The van der Waals surface area contributed by atoms with E-state index in [9.17, 15) is 4.79 Å². The molecule has 2 heterocycles. The number of hydrogen-bond acceptors (Lipinski definition) is 4. The van der Waals surface area contributed by atoms with E-state index in [0.717, 1.165) is 37.6 Å². The highest BCUT2D eigenvalue weighted by atomic mass is 16.6. The molecular weight excluding hydrogens is 342 g/mol. The SMILES string of the molecule is CCOC(=O)N1CCC(NC(N)=NCCCCN2CC(C)CC(C)C2)CC1. The van der Waals surface area contributed by atoms with Crippen molar-refractivity contribution in [3.8, 4) is 0 Å². The number of aliphatic imine (C=N–C) groups is 1. The van der Waals surface area contributed by atoms with Crippen LogP contribution in [0.4, 0.5) is 4.79 Å². The minimum Gasteiger partial charge on any atom is -0.450 e. The first-order valence-corrected chi connectivity index (χ1v) is 10.7. The van der Waals surface area contributed by atoms with Crippen LogP contribution in [0.1, 0.15) is 52.9 Å². The van der Waals surface area contributed by atoms with Gasteiger partial charge in [0.2, 0.25) is 0 Å². The third-order valence-corrected chi connectivity index (χ3v) is 5.48. The Morgan fingerprint density at radius 2 is 1.85 bits per heavy atom. The molecule has 7 heteroatoms. The quantitative estimate of drug-likeness (QED) is 0.402. The molecular formula is C20H39N5O2. The minimum atomic E-state index is -0.213. The number of nitrogens with two attached hydrogens (primary N) is 1. The van der Waals surface area contributed by atoms with Crippen LogP contribution in [-0.4, -0.2) is 73.8 Å². The van der Waals surface area contributed by atoms with E-state index in [4.69, 9.17) is 10.5 Å². The first-order valence-electron chi connectivity index (χ1n) is 10.7. The average molecular weight is 382 g/mol. The summed E-state index contributed by atoms with van der Waals surface area (Å²) in [4.78, 5) is 20.5. The van der Waals surface area contributed by atoms with E-state index in [1.54, 1.807) is 4.90 Å². The highest BCUT2D eigenvalue weighted by molar-refractivity contribution is 5.78. The van der Waals surface area contributed by atoms with Gasteiger partial charge in [-0.3, -0.25) is 4.99 Å². The molecule has 156 valence electrons. The largest absolute Gasteiger partial charge is 0.450 e. The van der Waals surface area contributed by atoms with E-state index in [1.165, 1.54) is 32.5 Å². The standard InChI is InChI=1S/C20H39N5O2/c1-4-27-20(26)25-11-7-18(8-12-25)23-19(21)22-9-5-6-10-24-14-16(2)13-17(3)15-24/h16-18H,4-15H2,1-3H3,(H3,21,22,23). The molecule has 2 atom stereocenters. The number of carbonyl (C=O) groups excluding carboxylic acids is 1. The molecule has 0 aliphatic carbocycles. The first-order chi connectivity index (χ1) is 13.0. The molecule has 0 spiro atoms. The van der Waals surface area contributed by atoms with Crippen LogP contribution in [0, 0.1) is 11.8 Å². The number of likely N-dealkylation sites (tertiary alicyclic amines) is 2. The Kier molecular flexibility index (Phi) is 9.18. The molecule has 0 saturated carbocycles. The average Bonchev–Trinajstić information content (AvgIpc) is 2.61. The summed E-state index contributed by atoms with van der Waals surface area (Å²) in [6.07, 6.45) is 5.15. The number of ether oxygens (including phenoxy) is 1. The molecule has 0 radical (unpaired) electrons. The molecule has 27 heavy (non-hydrogen) atoms. The number of rotatable bonds is 7. The third kappa shape index (κ3) is 7.95. The maximum atomic E-state index is 11.7. The van der Waals surface area contributed by atoms with E-state index in [2.05, 4.69) is 29.1 Å². The summed E-state index contributed by atoms with van der Waals surface area (Å²) < 4.78 is 5.04. The molecule has 2 saturated heterocycles. The predicted octanol–water partition coefficient (Wildman–Crippen LogP) is 2.27. The number of piperidine rings is 2. The van der Waals surface area contributed by atoms with Crippen LogP contribution in [0.15, 0.2) is 4.99 Å². The van der Waals surface area contributed by atoms with Gasteiger partial charge in [0, 0.05) is 38.8 Å². The van der Waals surface area contributed by atoms with E-state index in [-0.39, 0.29) is 12.1 Å². The molecule has 0 aromatic rings. The Bertz CT molecular complexity index is 467. The van der Waals surface area contributed by atoms with Gasteiger partial charge in [-0.05, 0) is 57.4 Å². The number of guanidine groups is 1. The Morgan fingerprint density at radius 1 is 1.19 bits per heavy atom. The van der Waals surface area contributed by atoms with Crippen LogP contribution >= 0.6 is 0 Å². The van der Waals surface area contributed by atoms with Gasteiger partial charge in [-0.15, -0.1) is 0 Å². The summed E-state index contributed by atoms with van der Waals surface area (Å²) in [6, 6.07) is 0.288. The lowest BCUT2D eigenvalue weighted by atomic mass is 9.92. The second-order valence-corrected chi connectivity index (χ2v) is 8.28. The molecule has 0 aromatic carbocycles. The third-order valence-electron chi connectivity index (χ3n) is 5.48. The lowest BCUT2D eigenvalue weighted by Gasteiger charge is -2.34. The molecule has 0 bridgehead atoms.